The molecule has 1 fully saturated rings. The first-order chi connectivity index (χ1) is 15.2. The van der Waals surface area contributed by atoms with Crippen molar-refractivity contribution in [2.45, 2.75) is 30.7 Å². The Morgan fingerprint density at radius 2 is 1.59 bits per heavy atom. The first kappa shape index (κ1) is 23.5. The molecule has 0 aliphatic carbocycles. The van der Waals surface area contributed by atoms with Gasteiger partial charge in [-0.2, -0.15) is 4.31 Å². The molecule has 0 radical (unpaired) electrons. The number of amides is 1. The summed E-state index contributed by atoms with van der Waals surface area (Å²) in [4.78, 5) is 36.1. The minimum absolute atomic E-state index is 0.0788. The molecule has 0 bridgehead atoms. The zero-order chi connectivity index (χ0) is 23.5. The highest BCUT2D eigenvalue weighted by atomic mass is 32.2. The molecule has 1 aromatic carbocycles. The molecule has 0 atom stereocenters. The smallest absolute Gasteiger partial charge is 0.337 e. The molecule has 11 heteroatoms. The second-order valence-corrected chi connectivity index (χ2v) is 9.25. The minimum Gasteiger partial charge on any atom is -0.465 e. The van der Waals surface area contributed by atoms with E-state index < -0.39 is 22.0 Å². The number of hydrogen-bond donors (Lipinski definition) is 1. The van der Waals surface area contributed by atoms with Crippen molar-refractivity contribution in [2.75, 3.05) is 27.3 Å². The number of ether oxygens (including phenoxy) is 2. The third-order valence-electron chi connectivity index (χ3n) is 5.24. The number of benzene rings is 1. The van der Waals surface area contributed by atoms with Crippen LogP contribution >= 0.6 is 0 Å². The van der Waals surface area contributed by atoms with Crippen LogP contribution in [-0.4, -0.2) is 63.9 Å². The number of carbonyl (C=O) groups excluding carboxylic acids is 3. The lowest BCUT2D eigenvalue weighted by atomic mass is 10.1. The summed E-state index contributed by atoms with van der Waals surface area (Å²) >= 11 is 0. The molecule has 32 heavy (non-hydrogen) atoms. The minimum atomic E-state index is -4.01. The van der Waals surface area contributed by atoms with Gasteiger partial charge in [-0.3, -0.25) is 4.79 Å². The number of aryl methyl sites for hydroxylation is 1. The molecule has 1 aliphatic rings. The summed E-state index contributed by atoms with van der Waals surface area (Å²) < 4.78 is 42.1. The third kappa shape index (κ3) is 4.83. The predicted octanol–water partition coefficient (Wildman–Crippen LogP) is 1.74. The van der Waals surface area contributed by atoms with Crippen LogP contribution in [0.4, 0.5) is 0 Å². The third-order valence-corrected chi connectivity index (χ3v) is 7.12. The Hall–Kier alpha value is -3.18. The fraction of sp³-hybridized carbons (Fsp3) is 0.381. The molecule has 1 saturated heterocycles. The van der Waals surface area contributed by atoms with E-state index in [9.17, 15) is 22.8 Å². The Morgan fingerprint density at radius 1 is 1.03 bits per heavy atom. The van der Waals surface area contributed by atoms with Crippen molar-refractivity contribution in [1.82, 2.24) is 9.62 Å². The van der Waals surface area contributed by atoms with Crippen LogP contribution in [0, 0.1) is 6.92 Å². The van der Waals surface area contributed by atoms with Gasteiger partial charge in [-0.15, -0.1) is 0 Å². The van der Waals surface area contributed by atoms with Crippen LogP contribution in [-0.2, 0) is 19.5 Å². The molecule has 3 rings (SSSR count). The lowest BCUT2D eigenvalue weighted by Gasteiger charge is -2.31. The summed E-state index contributed by atoms with van der Waals surface area (Å²) in [5, 5.41) is 2.86. The lowest BCUT2D eigenvalue weighted by molar-refractivity contribution is 0.0598. The van der Waals surface area contributed by atoms with E-state index in [1.54, 1.807) is 13.0 Å². The molecule has 0 spiro atoms. The molecule has 1 amide bonds. The highest BCUT2D eigenvalue weighted by molar-refractivity contribution is 7.89. The first-order valence-corrected chi connectivity index (χ1v) is 11.3. The van der Waals surface area contributed by atoms with Crippen molar-refractivity contribution in [3.05, 3.63) is 53.0 Å². The Labute approximate surface area is 185 Å². The van der Waals surface area contributed by atoms with Crippen molar-refractivity contribution in [2.24, 2.45) is 0 Å². The number of nitrogens with zero attached hydrogens (tertiary/aromatic N) is 1. The van der Waals surface area contributed by atoms with Gasteiger partial charge in [0.15, 0.2) is 5.76 Å². The quantitative estimate of drug-likeness (QED) is 0.640. The maximum atomic E-state index is 13.2. The highest BCUT2D eigenvalue weighted by Crippen LogP contribution is 2.24. The molecule has 0 saturated carbocycles. The van der Waals surface area contributed by atoms with Gasteiger partial charge in [0.2, 0.25) is 10.0 Å². The Morgan fingerprint density at radius 3 is 2.06 bits per heavy atom. The van der Waals surface area contributed by atoms with Crippen LogP contribution in [0.2, 0.25) is 0 Å². The summed E-state index contributed by atoms with van der Waals surface area (Å²) in [6, 6.07) is 5.03. The summed E-state index contributed by atoms with van der Waals surface area (Å²) in [6.45, 7) is 2.07. The van der Waals surface area contributed by atoms with E-state index in [1.807, 2.05) is 0 Å². The molecule has 2 heterocycles. The van der Waals surface area contributed by atoms with Gasteiger partial charge in [-0.1, -0.05) is 0 Å². The summed E-state index contributed by atoms with van der Waals surface area (Å²) in [6.07, 6.45) is 2.22. The number of hydrogen-bond acceptors (Lipinski definition) is 8. The normalized spacial score (nSPS) is 15.2. The van der Waals surface area contributed by atoms with Crippen LogP contribution < -0.4 is 5.32 Å². The number of esters is 2. The van der Waals surface area contributed by atoms with Gasteiger partial charge in [-0.05, 0) is 44.0 Å². The van der Waals surface area contributed by atoms with E-state index in [0.29, 0.717) is 12.8 Å². The number of nitrogens with one attached hydrogen (secondary N) is 1. The van der Waals surface area contributed by atoms with Crippen LogP contribution in [0.1, 0.15) is 49.7 Å². The monoisotopic (exact) mass is 464 g/mol. The molecule has 1 aromatic heterocycles. The van der Waals surface area contributed by atoms with Gasteiger partial charge in [0.05, 0.1) is 36.5 Å². The van der Waals surface area contributed by atoms with E-state index >= 15 is 0 Å². The zero-order valence-electron chi connectivity index (χ0n) is 17.9. The van der Waals surface area contributed by atoms with Crippen molar-refractivity contribution in [3.8, 4) is 0 Å². The van der Waals surface area contributed by atoms with E-state index in [2.05, 4.69) is 14.8 Å². The molecular weight excluding hydrogens is 440 g/mol. The first-order valence-electron chi connectivity index (χ1n) is 9.84. The molecule has 1 aliphatic heterocycles. The number of methoxy groups -OCH3 is 2. The van der Waals surface area contributed by atoms with Gasteiger partial charge in [0.1, 0.15) is 0 Å². The molecule has 10 nitrogen and oxygen atoms in total. The highest BCUT2D eigenvalue weighted by Gasteiger charge is 2.32. The number of furan rings is 1. The van der Waals surface area contributed by atoms with E-state index in [4.69, 9.17) is 4.42 Å². The van der Waals surface area contributed by atoms with Crippen molar-refractivity contribution >= 4 is 27.9 Å². The van der Waals surface area contributed by atoms with Gasteiger partial charge in [0.25, 0.3) is 5.91 Å². The SMILES string of the molecule is COC(=O)c1cc(C(=O)OC)cc(S(=O)(=O)N2CCC(NC(=O)c3occc3C)CC2)c1. The van der Waals surface area contributed by atoms with E-state index in [-0.39, 0.29) is 46.8 Å². The predicted molar refractivity (Wildman–Crippen MR) is 112 cm³/mol. The number of rotatable bonds is 6. The second-order valence-electron chi connectivity index (χ2n) is 7.31. The maximum Gasteiger partial charge on any atom is 0.337 e. The van der Waals surface area contributed by atoms with Gasteiger partial charge in [0, 0.05) is 24.7 Å². The molecular formula is C21H24N2O8S. The fourth-order valence-electron chi connectivity index (χ4n) is 3.47. The Bertz CT molecular complexity index is 1100. The Kier molecular flexibility index (Phi) is 6.99. The van der Waals surface area contributed by atoms with Crippen LogP contribution in [0.5, 0.6) is 0 Å². The van der Waals surface area contributed by atoms with Gasteiger partial charge < -0.3 is 19.2 Å². The summed E-state index contributed by atoms with van der Waals surface area (Å²) in [5.41, 5.74) is 0.560. The molecule has 2 aromatic rings. The topological polar surface area (TPSA) is 132 Å². The second kappa shape index (κ2) is 9.53. The van der Waals surface area contributed by atoms with Crippen LogP contribution in [0.15, 0.2) is 39.8 Å². The average Bonchev–Trinajstić information content (AvgIpc) is 3.23. The van der Waals surface area contributed by atoms with E-state index in [1.165, 1.54) is 28.8 Å². The van der Waals surface area contributed by atoms with Crippen molar-refractivity contribution in [1.29, 1.82) is 0 Å². The van der Waals surface area contributed by atoms with Crippen LogP contribution in [0.3, 0.4) is 0 Å². The van der Waals surface area contributed by atoms with Gasteiger partial charge >= 0.3 is 11.9 Å². The van der Waals surface area contributed by atoms with E-state index in [0.717, 1.165) is 19.8 Å². The van der Waals surface area contributed by atoms with Crippen LogP contribution in [0.25, 0.3) is 0 Å². The van der Waals surface area contributed by atoms with Crippen molar-refractivity contribution in [3.63, 3.8) is 0 Å². The average molecular weight is 464 g/mol. The van der Waals surface area contributed by atoms with Gasteiger partial charge in [-0.25, -0.2) is 18.0 Å². The largest absolute Gasteiger partial charge is 0.465 e. The standard InChI is InChI=1S/C21H24N2O8S/c1-13-6-9-31-18(13)19(24)22-16-4-7-23(8-5-16)32(27,28)17-11-14(20(25)29-2)10-15(12-17)21(26)30-3/h6,9-12,16H,4-5,7-8H2,1-3H3,(H,22,24). The summed E-state index contributed by atoms with van der Waals surface area (Å²) in [5.74, 6) is -1.67. The fourth-order valence-corrected chi connectivity index (χ4v) is 5.01. The maximum absolute atomic E-state index is 13.2. The number of carbonyl (C=O) groups is 3. The molecule has 0 unspecified atom stereocenters. The van der Waals surface area contributed by atoms with Crippen molar-refractivity contribution < 1.29 is 36.7 Å². The Balaban J connectivity index is 1.76. The summed E-state index contributed by atoms with van der Waals surface area (Å²) in [7, 11) is -1.69. The lowest BCUT2D eigenvalue weighted by Crippen LogP contribution is -2.46. The molecule has 172 valence electrons. The zero-order valence-corrected chi connectivity index (χ0v) is 18.7. The number of sulfonamides is 1. The molecule has 1 N–H and O–H groups in total. The number of piperidine rings is 1.